The normalized spacial score (nSPS) is 30.1. The fraction of sp³-hybridized carbons (Fsp3) is 0.500. The first-order chi connectivity index (χ1) is 38.6. The quantitative estimate of drug-likeness (QED) is 0.0300. The van der Waals surface area contributed by atoms with Crippen LogP contribution < -0.4 is 52.2 Å². The lowest BCUT2D eigenvalue weighted by Crippen LogP contribution is -2.70. The van der Waals surface area contributed by atoms with Crippen molar-refractivity contribution in [1.82, 2.24) is 32.1 Å². The zero-order valence-corrected chi connectivity index (χ0v) is 43.9. The molecule has 14 atom stereocenters. The van der Waals surface area contributed by atoms with Crippen LogP contribution in [0.2, 0.25) is 0 Å². The Morgan fingerprint density at radius 3 is 2.62 bits per heavy atom. The van der Waals surface area contributed by atoms with Crippen LogP contribution in [0.25, 0.3) is 0 Å². The Labute approximate surface area is 460 Å². The van der Waals surface area contributed by atoms with E-state index in [0.29, 0.717) is 41.0 Å². The molecule has 24 nitrogen and oxygen atoms in total. The Morgan fingerprint density at radius 2 is 1.84 bits per heavy atom. The molecule has 3 aromatic rings. The molecule has 0 radical (unpaired) electrons. The number of para-hydroxylation sites is 1. The van der Waals surface area contributed by atoms with Gasteiger partial charge in [-0.2, -0.15) is 0 Å². The Morgan fingerprint density at radius 1 is 1.01 bits per heavy atom. The molecule has 1 aliphatic carbocycles. The molecular formula is C56H68N8O16. The van der Waals surface area contributed by atoms with Crippen molar-refractivity contribution in [3.05, 3.63) is 111 Å². The number of rotatable bonds is 17. The molecule has 0 unspecified atom stereocenters. The zero-order valence-electron chi connectivity index (χ0n) is 43.9. The number of ketones is 2. The SMILES string of the molecule is C[C@H](O)CNNC1=CC([C@H](CO)CO[C@@H]2[C@H]3Oc4c(cc5c(c4OC[C@H](O)CC=O)C(=O)c4cc(CO)ccc4C5=O)[C@H](c4ccccc4N4CN[C@H]5C(=O)N[C@H](N)N[C@@H]54)[C@H]4CC[C@@H](O)CC#C[C@](O)([C@H](COC4)O3)[C@H]2O)=CCN1. The van der Waals surface area contributed by atoms with Crippen LogP contribution in [0.1, 0.15) is 87.1 Å². The molecule has 0 spiro atoms. The number of hydrogen-bond donors (Lipinski definition) is 14. The van der Waals surface area contributed by atoms with E-state index in [4.69, 9.17) is 29.4 Å². The van der Waals surface area contributed by atoms with Crippen LogP contribution in [0, 0.1) is 23.7 Å². The van der Waals surface area contributed by atoms with Crippen LogP contribution in [0.3, 0.4) is 0 Å². The summed E-state index contributed by atoms with van der Waals surface area (Å²) in [5.74, 6) is 1.52. The number of ether oxygens (including phenoxy) is 5. The number of aldehydes is 1. The van der Waals surface area contributed by atoms with Crippen LogP contribution in [0.5, 0.6) is 11.5 Å². The van der Waals surface area contributed by atoms with E-state index in [9.17, 15) is 45.3 Å². The van der Waals surface area contributed by atoms with Gasteiger partial charge in [0.25, 0.3) is 0 Å². The second-order valence-corrected chi connectivity index (χ2v) is 21.1. The number of fused-ring (bicyclic) bond motifs is 8. The van der Waals surface area contributed by atoms with Gasteiger partial charge in [0, 0.05) is 65.7 Å². The number of amides is 1. The molecule has 1 amide bonds. The third-order valence-corrected chi connectivity index (χ3v) is 15.6. The van der Waals surface area contributed by atoms with E-state index in [0.717, 1.165) is 0 Å². The number of nitrogens with one attached hydrogen (secondary N) is 6. The first-order valence-electron chi connectivity index (χ1n) is 26.8. The van der Waals surface area contributed by atoms with Crippen LogP contribution in [0.4, 0.5) is 5.69 Å². The van der Waals surface area contributed by atoms with E-state index in [-0.39, 0.29) is 104 Å². The molecule has 3 fully saturated rings. The molecule has 6 aliphatic heterocycles. The number of carbonyl (C=O) groups excluding carboxylic acids is 4. The van der Waals surface area contributed by atoms with Crippen molar-refractivity contribution in [1.29, 1.82) is 0 Å². The second-order valence-electron chi connectivity index (χ2n) is 21.1. The lowest BCUT2D eigenvalue weighted by atomic mass is 9.74. The van der Waals surface area contributed by atoms with Crippen molar-refractivity contribution in [3.8, 4) is 23.3 Å². The van der Waals surface area contributed by atoms with E-state index in [1.165, 1.54) is 24.3 Å². The van der Waals surface area contributed by atoms with E-state index in [2.05, 4.69) is 44.0 Å². The molecule has 7 aliphatic rings. The number of aliphatic hydroxyl groups is 7. The summed E-state index contributed by atoms with van der Waals surface area (Å²) in [7, 11) is 0. The minimum absolute atomic E-state index is 0.0279. The summed E-state index contributed by atoms with van der Waals surface area (Å²) in [5.41, 5.74) is 11.6. The van der Waals surface area contributed by atoms with E-state index in [1.807, 2.05) is 29.2 Å². The van der Waals surface area contributed by atoms with Crippen molar-refractivity contribution in [2.75, 3.05) is 57.7 Å². The predicted molar refractivity (Wildman–Crippen MR) is 283 cm³/mol. The van der Waals surface area contributed by atoms with Gasteiger partial charge in [0.15, 0.2) is 28.7 Å². The molecule has 10 rings (SSSR count). The van der Waals surface area contributed by atoms with Gasteiger partial charge < -0.3 is 85.2 Å². The number of hydrogen-bond acceptors (Lipinski definition) is 23. The summed E-state index contributed by atoms with van der Waals surface area (Å²) in [6.07, 6.45) is -7.81. The summed E-state index contributed by atoms with van der Waals surface area (Å²) in [5, 5.41) is 91.6. The maximum atomic E-state index is 15.3. The Bertz CT molecular complexity index is 2970. The first kappa shape index (κ1) is 56.9. The topological polar surface area (TPSA) is 357 Å². The minimum Gasteiger partial charge on any atom is -0.486 e. The summed E-state index contributed by atoms with van der Waals surface area (Å²) in [4.78, 5) is 57.6. The molecule has 0 saturated carbocycles. The zero-order chi connectivity index (χ0) is 56.4. The number of carbonyl (C=O) groups is 4. The molecule has 6 heterocycles. The van der Waals surface area contributed by atoms with E-state index in [1.54, 1.807) is 19.1 Å². The number of dihydropyridines is 1. The Hall–Kier alpha value is -6.38. The highest BCUT2D eigenvalue weighted by Gasteiger charge is 2.58. The number of allylic oxidation sites excluding steroid dienone is 1. The third kappa shape index (κ3) is 11.3. The van der Waals surface area contributed by atoms with Crippen molar-refractivity contribution in [2.45, 2.75) is 112 Å². The van der Waals surface area contributed by atoms with Gasteiger partial charge in [0.2, 0.25) is 12.2 Å². The summed E-state index contributed by atoms with van der Waals surface area (Å²) < 4.78 is 33.6. The Balaban J connectivity index is 1.19. The summed E-state index contributed by atoms with van der Waals surface area (Å²) >= 11 is 0. The maximum absolute atomic E-state index is 15.3. The van der Waals surface area contributed by atoms with Gasteiger partial charge >= 0.3 is 0 Å². The van der Waals surface area contributed by atoms with Gasteiger partial charge in [-0.3, -0.25) is 30.8 Å². The summed E-state index contributed by atoms with van der Waals surface area (Å²) in [6.45, 7) is -0.0121. The van der Waals surface area contributed by atoms with Crippen molar-refractivity contribution < 1.29 is 78.6 Å². The monoisotopic (exact) mass is 1110 g/mol. The molecule has 15 N–H and O–H groups in total. The molecule has 0 aromatic heterocycles. The fourth-order valence-corrected chi connectivity index (χ4v) is 11.5. The van der Waals surface area contributed by atoms with Gasteiger partial charge in [-0.15, -0.1) is 0 Å². The molecule has 24 heteroatoms. The molecule has 428 valence electrons. The second kappa shape index (κ2) is 24.4. The number of nitrogens with zero attached hydrogens (tertiary/aromatic N) is 1. The van der Waals surface area contributed by atoms with Crippen molar-refractivity contribution in [3.63, 3.8) is 0 Å². The van der Waals surface area contributed by atoms with Crippen LogP contribution in [0.15, 0.2) is 72.1 Å². The van der Waals surface area contributed by atoms with Crippen LogP contribution in [-0.2, 0) is 30.4 Å². The van der Waals surface area contributed by atoms with Gasteiger partial charge in [-0.1, -0.05) is 42.2 Å². The highest BCUT2D eigenvalue weighted by molar-refractivity contribution is 6.29. The summed E-state index contributed by atoms with van der Waals surface area (Å²) in [6, 6.07) is 12.5. The van der Waals surface area contributed by atoms with Crippen LogP contribution in [-0.4, -0.2) is 179 Å². The van der Waals surface area contributed by atoms with Gasteiger partial charge in [0.05, 0.1) is 63.6 Å². The highest BCUT2D eigenvalue weighted by Crippen LogP contribution is 2.52. The van der Waals surface area contributed by atoms with Gasteiger partial charge in [0.1, 0.15) is 55.5 Å². The number of benzene rings is 3. The first-order valence-corrected chi connectivity index (χ1v) is 26.8. The number of nitrogens with two attached hydrogens (primary N) is 1. The van der Waals surface area contributed by atoms with Crippen molar-refractivity contribution >= 4 is 29.4 Å². The van der Waals surface area contributed by atoms with Crippen LogP contribution >= 0.6 is 0 Å². The largest absolute Gasteiger partial charge is 0.486 e. The lowest BCUT2D eigenvalue weighted by Gasteiger charge is -2.47. The molecule has 3 saturated heterocycles. The third-order valence-electron chi connectivity index (χ3n) is 15.6. The lowest BCUT2D eigenvalue weighted by molar-refractivity contribution is -0.309. The predicted octanol–water partition coefficient (Wildman–Crippen LogP) is -2.33. The van der Waals surface area contributed by atoms with Crippen molar-refractivity contribution in [2.24, 2.45) is 17.6 Å². The highest BCUT2D eigenvalue weighted by atomic mass is 16.7. The van der Waals surface area contributed by atoms with Gasteiger partial charge in [-0.25, -0.2) is 5.43 Å². The maximum Gasteiger partial charge on any atom is 0.242 e. The number of aliphatic hydroxyl groups excluding tert-OH is 6. The van der Waals surface area contributed by atoms with Gasteiger partial charge in [-0.05, 0) is 72.7 Å². The van der Waals surface area contributed by atoms with E-state index < -0.39 is 116 Å². The molecule has 80 heavy (non-hydrogen) atoms. The molecular weight excluding hydrogens is 1040 g/mol. The molecule has 3 bridgehead atoms. The average Bonchev–Trinajstić information content (AvgIpc) is 3.99. The Kier molecular flexibility index (Phi) is 17.3. The number of anilines is 1. The van der Waals surface area contributed by atoms with E-state index >= 15 is 9.59 Å². The molecule has 3 aromatic carbocycles. The smallest absolute Gasteiger partial charge is 0.242 e. The minimum atomic E-state index is -2.46. The average molecular weight is 1110 g/mol. The standard InChI is InChI=1S/C56H68N8O16/c1-28(68)20-60-63-42-18-30(12-15-58-42)32(22-67)24-77-50-51(73)56(75)14-4-5-33(69)10-9-31-23-76-26-41(56)79-54(50)80-48-39(43(31)36-6-2-3-7-40(36)64-27-59-45-52(64)61-55(57)62-53(45)74)19-38-44(49(48)78-25-34(70)13-16-65)47(72)37-17-29(21-66)8-11-35(37)46(38)71/h2-3,6-8,11-12,16-19,28,31-34,41,43,45,50-52,54-55,58-61,63,66-70,73,75H,5,9-10,13,15,20-27,57H2,1H3,(H,62,74)/t28-,31-,32+,33-,34+,41-,43-,45+,50-,51-,52+,54+,55+,56-/m0/s1. The number of hydrazine groups is 1. The fourth-order valence-electron chi connectivity index (χ4n) is 11.5.